The van der Waals surface area contributed by atoms with Crippen molar-refractivity contribution in [2.24, 2.45) is 0 Å². The number of hydrogen-bond donors (Lipinski definition) is 6. The zero-order valence-electron chi connectivity index (χ0n) is 40.1. The summed E-state index contributed by atoms with van der Waals surface area (Å²) in [6.07, 6.45) is 52.4. The van der Waals surface area contributed by atoms with Crippen LogP contribution in [0.4, 0.5) is 0 Å². The van der Waals surface area contributed by atoms with Crippen molar-refractivity contribution in [3.63, 3.8) is 0 Å². The maximum absolute atomic E-state index is 13.0. The van der Waals surface area contributed by atoms with Crippen LogP contribution in [0.2, 0.25) is 0 Å². The van der Waals surface area contributed by atoms with E-state index in [1.165, 1.54) is 116 Å². The minimum Gasteiger partial charge on any atom is -0.394 e. The number of allylic oxidation sites excluding steroid dienone is 11. The number of carbonyl (C=O) groups excluding carboxylic acids is 1. The van der Waals surface area contributed by atoms with E-state index in [4.69, 9.17) is 9.47 Å². The van der Waals surface area contributed by atoms with Gasteiger partial charge < -0.3 is 40.3 Å². The first kappa shape index (κ1) is 58.6. The van der Waals surface area contributed by atoms with Gasteiger partial charge in [0.15, 0.2) is 6.29 Å². The standard InChI is InChI=1S/C54H95NO8/c1-3-5-7-9-11-13-15-16-17-18-19-20-21-22-23-24-25-26-27-28-29-30-31-32-34-36-38-40-42-44-50(58)55-47(46-62-54-53(61)52(60)51(59)49(45-56)63-54)48(57)43-41-39-37-35-33-14-12-10-8-6-4-2/h5,7,11,13,16-17,19-20,22-23,41,43,47-49,51-54,56-57,59-61H,3-4,6,8-10,12,14-15,18,21,24-40,42,44-46H2,1-2H3,(H,55,58)/b7-5-,13-11-,17-16-,20-19-,23-22-,43-41+. The van der Waals surface area contributed by atoms with Crippen molar-refractivity contribution in [3.05, 3.63) is 72.9 Å². The number of aliphatic hydroxyl groups is 5. The molecule has 7 atom stereocenters. The molecule has 0 bridgehead atoms. The Labute approximate surface area is 385 Å². The lowest BCUT2D eigenvalue weighted by Gasteiger charge is -2.40. The van der Waals surface area contributed by atoms with Gasteiger partial charge in [0.05, 0.1) is 25.4 Å². The fraction of sp³-hybridized carbons (Fsp3) is 0.759. The zero-order chi connectivity index (χ0) is 45.9. The third-order valence-electron chi connectivity index (χ3n) is 11.8. The second-order valence-electron chi connectivity index (χ2n) is 17.6. The molecular weight excluding hydrogens is 791 g/mol. The van der Waals surface area contributed by atoms with E-state index in [9.17, 15) is 30.3 Å². The van der Waals surface area contributed by atoms with Crippen LogP contribution in [-0.4, -0.2) is 87.5 Å². The van der Waals surface area contributed by atoms with Gasteiger partial charge >= 0.3 is 0 Å². The average molecular weight is 886 g/mol. The Morgan fingerprint density at radius 1 is 0.556 bits per heavy atom. The van der Waals surface area contributed by atoms with Crippen LogP contribution in [-0.2, 0) is 14.3 Å². The fourth-order valence-electron chi connectivity index (χ4n) is 7.71. The SMILES string of the molecule is CC/C=C\C/C=C\C/C=C\C/C=C\C/C=C\CCCCCCCCCCCCCCCC(=O)NC(COC1OC(CO)C(O)C(O)C1O)C(O)/C=C/CCCCCCCCCCC. The lowest BCUT2D eigenvalue weighted by Crippen LogP contribution is -2.60. The van der Waals surface area contributed by atoms with E-state index in [0.29, 0.717) is 6.42 Å². The maximum Gasteiger partial charge on any atom is 0.220 e. The van der Waals surface area contributed by atoms with E-state index in [1.54, 1.807) is 6.08 Å². The molecule has 364 valence electrons. The first-order chi connectivity index (χ1) is 30.8. The van der Waals surface area contributed by atoms with Gasteiger partial charge in [0.1, 0.15) is 24.4 Å². The molecule has 1 heterocycles. The monoisotopic (exact) mass is 886 g/mol. The molecule has 1 aliphatic rings. The third-order valence-corrected chi connectivity index (χ3v) is 11.8. The summed E-state index contributed by atoms with van der Waals surface area (Å²) in [4.78, 5) is 13.0. The van der Waals surface area contributed by atoms with Crippen LogP contribution in [0.5, 0.6) is 0 Å². The van der Waals surface area contributed by atoms with Crippen molar-refractivity contribution in [1.29, 1.82) is 0 Å². The summed E-state index contributed by atoms with van der Waals surface area (Å²) >= 11 is 0. The fourth-order valence-corrected chi connectivity index (χ4v) is 7.71. The second kappa shape index (κ2) is 43.5. The molecule has 6 N–H and O–H groups in total. The molecule has 1 fully saturated rings. The molecule has 0 spiro atoms. The van der Waals surface area contributed by atoms with E-state index in [1.807, 2.05) is 6.08 Å². The van der Waals surface area contributed by atoms with Crippen LogP contribution in [0.3, 0.4) is 0 Å². The highest BCUT2D eigenvalue weighted by Gasteiger charge is 2.44. The summed E-state index contributed by atoms with van der Waals surface area (Å²) in [6, 6.07) is -0.807. The minimum absolute atomic E-state index is 0.182. The summed E-state index contributed by atoms with van der Waals surface area (Å²) in [5.74, 6) is -0.182. The molecule has 1 amide bonds. The third kappa shape index (κ3) is 33.7. The number of ether oxygens (including phenoxy) is 2. The molecule has 1 aliphatic heterocycles. The normalized spacial score (nSPS) is 20.8. The lowest BCUT2D eigenvalue weighted by molar-refractivity contribution is -0.302. The molecule has 0 radical (unpaired) electrons. The van der Waals surface area contributed by atoms with E-state index in [2.05, 4.69) is 79.9 Å². The van der Waals surface area contributed by atoms with Gasteiger partial charge in [0.25, 0.3) is 0 Å². The van der Waals surface area contributed by atoms with E-state index >= 15 is 0 Å². The van der Waals surface area contributed by atoms with Crippen LogP contribution < -0.4 is 5.32 Å². The first-order valence-electron chi connectivity index (χ1n) is 25.7. The van der Waals surface area contributed by atoms with Gasteiger partial charge in [-0.05, 0) is 64.2 Å². The van der Waals surface area contributed by atoms with Gasteiger partial charge in [-0.1, -0.05) is 209 Å². The van der Waals surface area contributed by atoms with Crippen molar-refractivity contribution in [2.45, 2.75) is 249 Å². The molecule has 1 rings (SSSR count). The predicted molar refractivity (Wildman–Crippen MR) is 262 cm³/mol. The van der Waals surface area contributed by atoms with Crippen LogP contribution >= 0.6 is 0 Å². The number of nitrogens with one attached hydrogen (secondary N) is 1. The molecule has 0 aromatic carbocycles. The van der Waals surface area contributed by atoms with Gasteiger partial charge in [-0.2, -0.15) is 0 Å². The second-order valence-corrected chi connectivity index (χ2v) is 17.6. The highest BCUT2D eigenvalue weighted by molar-refractivity contribution is 5.76. The highest BCUT2D eigenvalue weighted by atomic mass is 16.7. The van der Waals surface area contributed by atoms with Gasteiger partial charge in [-0.25, -0.2) is 0 Å². The van der Waals surface area contributed by atoms with Crippen molar-refractivity contribution in [1.82, 2.24) is 5.32 Å². The van der Waals surface area contributed by atoms with Crippen molar-refractivity contribution < 1.29 is 39.8 Å². The quantitative estimate of drug-likeness (QED) is 0.0262. The van der Waals surface area contributed by atoms with E-state index in [-0.39, 0.29) is 12.5 Å². The topological polar surface area (TPSA) is 149 Å². The molecule has 1 saturated heterocycles. The van der Waals surface area contributed by atoms with Crippen LogP contribution in [0.15, 0.2) is 72.9 Å². The molecule has 0 aromatic heterocycles. The Bertz CT molecular complexity index is 1210. The Balaban J connectivity index is 2.19. The zero-order valence-corrected chi connectivity index (χ0v) is 40.1. The number of rotatable bonds is 42. The molecular formula is C54H95NO8. The predicted octanol–water partition coefficient (Wildman–Crippen LogP) is 11.7. The summed E-state index contributed by atoms with van der Waals surface area (Å²) in [7, 11) is 0. The first-order valence-corrected chi connectivity index (χ1v) is 25.7. The van der Waals surface area contributed by atoms with Crippen molar-refractivity contribution in [3.8, 4) is 0 Å². The Hall–Kier alpha value is -2.37. The molecule has 9 heteroatoms. The number of carbonyl (C=O) groups is 1. The number of aliphatic hydroxyl groups excluding tert-OH is 5. The van der Waals surface area contributed by atoms with Gasteiger partial charge in [0.2, 0.25) is 5.91 Å². The number of hydrogen-bond acceptors (Lipinski definition) is 8. The molecule has 0 saturated carbocycles. The number of amides is 1. The maximum atomic E-state index is 13.0. The van der Waals surface area contributed by atoms with Gasteiger partial charge in [-0.15, -0.1) is 0 Å². The van der Waals surface area contributed by atoms with Gasteiger partial charge in [-0.3, -0.25) is 4.79 Å². The Morgan fingerprint density at radius 3 is 1.46 bits per heavy atom. The summed E-state index contributed by atoms with van der Waals surface area (Å²) in [5, 5.41) is 54.2. The average Bonchev–Trinajstić information content (AvgIpc) is 3.28. The van der Waals surface area contributed by atoms with Crippen molar-refractivity contribution in [2.75, 3.05) is 13.2 Å². The molecule has 7 unspecified atom stereocenters. The molecule has 0 aromatic rings. The van der Waals surface area contributed by atoms with E-state index < -0.39 is 49.5 Å². The highest BCUT2D eigenvalue weighted by Crippen LogP contribution is 2.23. The van der Waals surface area contributed by atoms with E-state index in [0.717, 1.165) is 70.6 Å². The van der Waals surface area contributed by atoms with Gasteiger partial charge in [0, 0.05) is 6.42 Å². The number of unbranched alkanes of at least 4 members (excludes halogenated alkanes) is 22. The van der Waals surface area contributed by atoms with Crippen LogP contribution in [0.1, 0.15) is 206 Å². The van der Waals surface area contributed by atoms with Crippen LogP contribution in [0.25, 0.3) is 0 Å². The molecule has 9 nitrogen and oxygen atoms in total. The van der Waals surface area contributed by atoms with Crippen LogP contribution in [0, 0.1) is 0 Å². The Kier molecular flexibility index (Phi) is 40.5. The smallest absolute Gasteiger partial charge is 0.220 e. The lowest BCUT2D eigenvalue weighted by atomic mass is 9.99. The minimum atomic E-state index is -1.57. The molecule has 0 aliphatic carbocycles. The summed E-state index contributed by atoms with van der Waals surface area (Å²) in [5.41, 5.74) is 0. The largest absolute Gasteiger partial charge is 0.394 e. The molecule has 63 heavy (non-hydrogen) atoms. The summed E-state index contributed by atoms with van der Waals surface area (Å²) in [6.45, 7) is 3.64. The van der Waals surface area contributed by atoms with Crippen molar-refractivity contribution >= 4 is 5.91 Å². The summed E-state index contributed by atoms with van der Waals surface area (Å²) < 4.78 is 11.2. The Morgan fingerprint density at radius 2 is 0.984 bits per heavy atom.